The molecule has 0 spiro atoms. The van der Waals surface area contributed by atoms with Crippen molar-refractivity contribution in [2.24, 2.45) is 0 Å². The van der Waals surface area contributed by atoms with Crippen LogP contribution in [0.4, 0.5) is 33.5 Å². The predicted molar refractivity (Wildman–Crippen MR) is 127 cm³/mol. The molecule has 1 fully saturated rings. The molecule has 3 N–H and O–H groups in total. The van der Waals surface area contributed by atoms with Crippen molar-refractivity contribution >= 4 is 17.4 Å². The summed E-state index contributed by atoms with van der Waals surface area (Å²) < 4.78 is 73.2. The lowest BCUT2D eigenvalue weighted by Gasteiger charge is -2.24. The quantitative estimate of drug-likeness (QED) is 0.339. The van der Waals surface area contributed by atoms with Gasteiger partial charge in [-0.05, 0) is 61.3 Å². The van der Waals surface area contributed by atoms with Gasteiger partial charge in [-0.15, -0.1) is 0 Å². The number of carbonyl (C=O) groups excluding carboxylic acids is 1. The van der Waals surface area contributed by atoms with Crippen molar-refractivity contribution in [3.05, 3.63) is 77.7 Å². The predicted octanol–water partition coefficient (Wildman–Crippen LogP) is 5.13. The number of aromatic nitrogens is 2. The summed E-state index contributed by atoms with van der Waals surface area (Å²) in [5.74, 6) is -6.16. The monoisotopic (exact) mass is 521 g/mol. The third kappa shape index (κ3) is 6.31. The number of nitrogens with zero attached hydrogens (tertiary/aromatic N) is 2. The van der Waals surface area contributed by atoms with E-state index in [4.69, 9.17) is 4.74 Å². The second-order valence-corrected chi connectivity index (χ2v) is 8.45. The fraction of sp³-hybridized carbons (Fsp3) is 0.320. The van der Waals surface area contributed by atoms with Crippen LogP contribution in [0.5, 0.6) is 5.75 Å². The number of ether oxygens (including phenoxy) is 1. The van der Waals surface area contributed by atoms with E-state index in [1.165, 1.54) is 12.3 Å². The average molecular weight is 521 g/mol. The first-order valence-electron chi connectivity index (χ1n) is 11.5. The van der Waals surface area contributed by atoms with E-state index < -0.39 is 29.3 Å². The molecule has 0 saturated carbocycles. The van der Waals surface area contributed by atoms with Crippen molar-refractivity contribution in [1.29, 1.82) is 0 Å². The topological polar surface area (TPSA) is 88.2 Å². The molecule has 3 heterocycles. The molecule has 1 saturated heterocycles. The highest BCUT2D eigenvalue weighted by Gasteiger charge is 2.60. The number of carbonyl (C=O) groups is 1. The fourth-order valence-electron chi connectivity index (χ4n) is 3.84. The van der Waals surface area contributed by atoms with Crippen molar-refractivity contribution in [1.82, 2.24) is 15.3 Å². The Labute approximate surface area is 209 Å². The van der Waals surface area contributed by atoms with Gasteiger partial charge in [-0.3, -0.25) is 9.78 Å². The van der Waals surface area contributed by atoms with E-state index >= 15 is 0 Å². The highest BCUT2D eigenvalue weighted by atomic mass is 19.4. The summed E-state index contributed by atoms with van der Waals surface area (Å²) in [5.41, 5.74) is -0.285. The zero-order valence-corrected chi connectivity index (χ0v) is 19.5. The summed E-state index contributed by atoms with van der Waals surface area (Å²) >= 11 is 0. The highest BCUT2D eigenvalue weighted by molar-refractivity contribution is 6.07. The maximum absolute atomic E-state index is 14.2. The number of halogens is 5. The Bertz CT molecular complexity index is 1220. The highest BCUT2D eigenvalue weighted by Crippen LogP contribution is 2.47. The maximum Gasteiger partial charge on any atom is 0.458 e. The number of nitrogens with one attached hydrogen (secondary N) is 3. The molecule has 1 aliphatic rings. The third-order valence-electron chi connectivity index (χ3n) is 5.80. The molecule has 7 nitrogen and oxygen atoms in total. The van der Waals surface area contributed by atoms with Gasteiger partial charge in [-0.2, -0.15) is 22.0 Å². The lowest BCUT2D eigenvalue weighted by molar-refractivity contribution is -0.289. The normalized spacial score (nSPS) is 15.9. The van der Waals surface area contributed by atoms with Crippen molar-refractivity contribution in [2.45, 2.75) is 37.5 Å². The lowest BCUT2D eigenvalue weighted by atomic mass is 10.1. The molecule has 12 heteroatoms. The Morgan fingerprint density at radius 3 is 2.57 bits per heavy atom. The van der Waals surface area contributed by atoms with Crippen LogP contribution in [0.2, 0.25) is 0 Å². The molecular formula is C25H24F5N5O2. The third-order valence-corrected chi connectivity index (χ3v) is 5.80. The van der Waals surface area contributed by atoms with E-state index in [9.17, 15) is 26.7 Å². The number of amides is 1. The second-order valence-electron chi connectivity index (χ2n) is 8.45. The van der Waals surface area contributed by atoms with Gasteiger partial charge in [0.15, 0.2) is 0 Å². The van der Waals surface area contributed by atoms with Crippen LogP contribution in [0.25, 0.3) is 0 Å². The van der Waals surface area contributed by atoms with Crippen LogP contribution in [-0.4, -0.2) is 41.2 Å². The maximum atomic E-state index is 14.2. The molecule has 0 radical (unpaired) electrons. The first-order chi connectivity index (χ1) is 17.6. The van der Waals surface area contributed by atoms with E-state index in [0.29, 0.717) is 25.6 Å². The Morgan fingerprint density at radius 2 is 1.86 bits per heavy atom. The van der Waals surface area contributed by atoms with Gasteiger partial charge >= 0.3 is 12.1 Å². The van der Waals surface area contributed by atoms with Crippen LogP contribution in [0, 0.1) is 0 Å². The van der Waals surface area contributed by atoms with Gasteiger partial charge in [0.2, 0.25) is 0 Å². The van der Waals surface area contributed by atoms with Crippen LogP contribution in [0.15, 0.2) is 61.1 Å². The molecule has 4 rings (SSSR count). The minimum Gasteiger partial charge on any atom is -0.491 e. The minimum atomic E-state index is -5.81. The number of hydrogen-bond donors (Lipinski definition) is 3. The van der Waals surface area contributed by atoms with E-state index in [1.807, 2.05) is 0 Å². The molecule has 2 aromatic heterocycles. The van der Waals surface area contributed by atoms with Crippen molar-refractivity contribution in [3.8, 4) is 5.75 Å². The van der Waals surface area contributed by atoms with E-state index in [1.54, 1.807) is 30.6 Å². The Hall–Kier alpha value is -3.80. The molecule has 37 heavy (non-hydrogen) atoms. The number of anilines is 2. The fourth-order valence-corrected chi connectivity index (χ4v) is 3.84. The van der Waals surface area contributed by atoms with Crippen LogP contribution in [-0.2, 0) is 12.5 Å². The zero-order chi connectivity index (χ0) is 26.5. The van der Waals surface area contributed by atoms with E-state index in [2.05, 4.69) is 25.9 Å². The van der Waals surface area contributed by atoms with Gasteiger partial charge in [-0.25, -0.2) is 4.98 Å². The molecular weight excluding hydrogens is 497 g/mol. The van der Waals surface area contributed by atoms with Gasteiger partial charge in [0, 0.05) is 42.9 Å². The van der Waals surface area contributed by atoms with Crippen molar-refractivity contribution in [3.63, 3.8) is 0 Å². The summed E-state index contributed by atoms with van der Waals surface area (Å²) in [6.07, 6.45) is 0.472. The molecule has 3 aromatic rings. The van der Waals surface area contributed by atoms with Crippen molar-refractivity contribution in [2.75, 3.05) is 23.8 Å². The number of pyridine rings is 2. The van der Waals surface area contributed by atoms with Crippen LogP contribution in [0.3, 0.4) is 0 Å². The number of hydrogen-bond acceptors (Lipinski definition) is 6. The summed E-state index contributed by atoms with van der Waals surface area (Å²) in [5, 5.41) is 8.67. The molecule has 1 atom stereocenters. The second kappa shape index (κ2) is 11.1. The molecule has 0 aliphatic carbocycles. The van der Waals surface area contributed by atoms with Gasteiger partial charge < -0.3 is 20.7 Å². The average Bonchev–Trinajstić information content (AvgIpc) is 3.40. The first kappa shape index (κ1) is 26.3. The first-order valence-corrected chi connectivity index (χ1v) is 11.5. The summed E-state index contributed by atoms with van der Waals surface area (Å²) in [4.78, 5) is 21.1. The Balaban J connectivity index is 1.55. The van der Waals surface area contributed by atoms with E-state index in [-0.39, 0.29) is 29.7 Å². The molecule has 1 aromatic carbocycles. The Morgan fingerprint density at radius 1 is 1.08 bits per heavy atom. The van der Waals surface area contributed by atoms with Gasteiger partial charge in [-0.1, -0.05) is 0 Å². The zero-order valence-electron chi connectivity index (χ0n) is 19.5. The number of rotatable bonds is 9. The van der Waals surface area contributed by atoms with Crippen LogP contribution in [0.1, 0.15) is 34.3 Å². The Kier molecular flexibility index (Phi) is 7.86. The lowest BCUT2D eigenvalue weighted by Crippen LogP contribution is -2.35. The smallest absolute Gasteiger partial charge is 0.458 e. The molecule has 0 unspecified atom stereocenters. The summed E-state index contributed by atoms with van der Waals surface area (Å²) in [6.45, 7) is 0.969. The molecule has 0 bridgehead atoms. The number of alkyl halides is 5. The van der Waals surface area contributed by atoms with E-state index in [0.717, 1.165) is 24.1 Å². The summed E-state index contributed by atoms with van der Waals surface area (Å²) in [7, 11) is 0. The number of benzene rings is 1. The molecule has 196 valence electrons. The molecule has 1 aliphatic heterocycles. The van der Waals surface area contributed by atoms with Crippen LogP contribution >= 0.6 is 0 Å². The molecule has 1 amide bonds. The summed E-state index contributed by atoms with van der Waals surface area (Å²) in [6, 6.07) is 9.03. The van der Waals surface area contributed by atoms with Gasteiger partial charge in [0.25, 0.3) is 5.91 Å². The van der Waals surface area contributed by atoms with Crippen LogP contribution < -0.4 is 20.7 Å². The SMILES string of the molecule is O=C(Nc1ccc(C(F)(F)C(F)(F)F)c(OC[C@H]2CCCN2)c1)c1cccnc1NCc1ccncc1. The largest absolute Gasteiger partial charge is 0.491 e. The minimum absolute atomic E-state index is 0.00922. The standard InChI is InChI=1S/C25H24F5N5O2/c26-24(27,25(28,29)30)20-6-5-17(13-21(20)37-15-18-3-1-9-32-18)35-23(36)19-4-2-10-33-22(19)34-14-16-7-11-31-12-8-16/h2,4-8,10-13,18,32H,1,3,9,14-15H2,(H,33,34)(H,35,36)/t18-/m1/s1. The van der Waals surface area contributed by atoms with Crippen molar-refractivity contribution < 1.29 is 31.5 Å². The van der Waals surface area contributed by atoms with Gasteiger partial charge in [0.1, 0.15) is 18.2 Å². The van der Waals surface area contributed by atoms with Gasteiger partial charge in [0.05, 0.1) is 11.1 Å².